The van der Waals surface area contributed by atoms with Gasteiger partial charge < -0.3 is 15.5 Å². The lowest BCUT2D eigenvalue weighted by Gasteiger charge is -2.08. The molecule has 0 aliphatic heterocycles. The lowest BCUT2D eigenvalue weighted by Crippen LogP contribution is -2.24. The first-order valence-corrected chi connectivity index (χ1v) is 5.96. The number of rotatable bonds is 4. The van der Waals surface area contributed by atoms with Crippen LogP contribution < -0.4 is 5.32 Å². The van der Waals surface area contributed by atoms with Crippen molar-refractivity contribution in [3.05, 3.63) is 65.2 Å². The van der Waals surface area contributed by atoms with E-state index in [0.29, 0.717) is 0 Å². The molecule has 0 aliphatic rings. The molecule has 2 aromatic rings. The SMILES string of the molecule is O=C(O)c1ccccc1C(=O)NCc1cccc(O)c1. The van der Waals surface area contributed by atoms with E-state index in [1.54, 1.807) is 24.3 Å². The number of aromatic hydroxyl groups is 1. The molecule has 0 spiro atoms. The maximum Gasteiger partial charge on any atom is 0.336 e. The zero-order chi connectivity index (χ0) is 14.5. The summed E-state index contributed by atoms with van der Waals surface area (Å²) >= 11 is 0. The summed E-state index contributed by atoms with van der Waals surface area (Å²) in [5.74, 6) is -1.50. The Morgan fingerprint density at radius 3 is 2.35 bits per heavy atom. The molecule has 0 saturated heterocycles. The van der Waals surface area contributed by atoms with E-state index in [0.717, 1.165) is 5.56 Å². The zero-order valence-corrected chi connectivity index (χ0v) is 10.5. The number of phenolic OH excluding ortho intramolecular Hbond substituents is 1. The van der Waals surface area contributed by atoms with E-state index in [2.05, 4.69) is 5.32 Å². The molecule has 20 heavy (non-hydrogen) atoms. The third-order valence-corrected chi connectivity index (χ3v) is 2.77. The first kappa shape index (κ1) is 13.6. The highest BCUT2D eigenvalue weighted by Gasteiger charge is 2.15. The van der Waals surface area contributed by atoms with E-state index in [-0.39, 0.29) is 23.4 Å². The van der Waals surface area contributed by atoms with Gasteiger partial charge in [-0.3, -0.25) is 4.79 Å². The predicted octanol–water partition coefficient (Wildman–Crippen LogP) is 2.02. The number of amides is 1. The van der Waals surface area contributed by atoms with Crippen molar-refractivity contribution < 1.29 is 19.8 Å². The summed E-state index contributed by atoms with van der Waals surface area (Å²) in [7, 11) is 0. The molecule has 5 nitrogen and oxygen atoms in total. The Balaban J connectivity index is 2.11. The molecule has 2 aromatic carbocycles. The van der Waals surface area contributed by atoms with Crippen LogP contribution in [-0.4, -0.2) is 22.1 Å². The van der Waals surface area contributed by atoms with Gasteiger partial charge in [0, 0.05) is 6.54 Å². The van der Waals surface area contributed by atoms with Gasteiger partial charge in [0.1, 0.15) is 5.75 Å². The van der Waals surface area contributed by atoms with Crippen molar-refractivity contribution in [3.63, 3.8) is 0 Å². The lowest BCUT2D eigenvalue weighted by atomic mass is 10.1. The minimum absolute atomic E-state index is 0.0408. The average molecular weight is 271 g/mol. The Morgan fingerprint density at radius 2 is 1.70 bits per heavy atom. The number of aromatic carboxylic acids is 1. The molecule has 0 radical (unpaired) electrons. The Hall–Kier alpha value is -2.82. The summed E-state index contributed by atoms with van der Waals surface area (Å²) in [6, 6.07) is 12.5. The van der Waals surface area contributed by atoms with Gasteiger partial charge in [-0.05, 0) is 29.8 Å². The van der Waals surface area contributed by atoms with Crippen molar-refractivity contribution in [3.8, 4) is 5.75 Å². The fourth-order valence-corrected chi connectivity index (χ4v) is 1.81. The van der Waals surface area contributed by atoms with Crippen molar-refractivity contribution in [1.29, 1.82) is 0 Å². The second kappa shape index (κ2) is 5.88. The monoisotopic (exact) mass is 271 g/mol. The minimum Gasteiger partial charge on any atom is -0.508 e. The van der Waals surface area contributed by atoms with Gasteiger partial charge in [0.05, 0.1) is 11.1 Å². The molecule has 3 N–H and O–H groups in total. The molecule has 1 amide bonds. The number of hydrogen-bond donors (Lipinski definition) is 3. The first-order valence-electron chi connectivity index (χ1n) is 5.96. The molecule has 0 fully saturated rings. The number of carboxylic acid groups (broad SMARTS) is 1. The van der Waals surface area contributed by atoms with E-state index in [1.807, 2.05) is 0 Å². The topological polar surface area (TPSA) is 86.6 Å². The largest absolute Gasteiger partial charge is 0.508 e. The van der Waals surface area contributed by atoms with E-state index in [9.17, 15) is 14.7 Å². The van der Waals surface area contributed by atoms with Crippen LogP contribution in [0.4, 0.5) is 0 Å². The number of carbonyl (C=O) groups is 2. The molecule has 5 heteroatoms. The number of benzene rings is 2. The molecule has 102 valence electrons. The summed E-state index contributed by atoms with van der Waals surface area (Å²) in [6.07, 6.45) is 0. The maximum absolute atomic E-state index is 12.0. The number of phenols is 1. The van der Waals surface area contributed by atoms with Crippen LogP contribution in [0.2, 0.25) is 0 Å². The Kier molecular flexibility index (Phi) is 4.00. The molecular formula is C15H13NO4. The molecule has 0 heterocycles. The van der Waals surface area contributed by atoms with Gasteiger partial charge in [-0.25, -0.2) is 4.79 Å². The van der Waals surface area contributed by atoms with E-state index in [1.165, 1.54) is 24.3 Å². The van der Waals surface area contributed by atoms with Crippen LogP contribution in [0, 0.1) is 0 Å². The van der Waals surface area contributed by atoms with Gasteiger partial charge in [0.25, 0.3) is 5.91 Å². The Bertz CT molecular complexity index is 652. The first-order chi connectivity index (χ1) is 9.58. The average Bonchev–Trinajstić information content (AvgIpc) is 2.45. The summed E-state index contributed by atoms with van der Waals surface area (Å²) in [5, 5.41) is 21.0. The van der Waals surface area contributed by atoms with Crippen molar-refractivity contribution in [1.82, 2.24) is 5.32 Å². The fourth-order valence-electron chi connectivity index (χ4n) is 1.81. The lowest BCUT2D eigenvalue weighted by molar-refractivity contribution is 0.0691. The Morgan fingerprint density at radius 1 is 1.00 bits per heavy atom. The minimum atomic E-state index is -1.15. The van der Waals surface area contributed by atoms with E-state index >= 15 is 0 Å². The van der Waals surface area contributed by atoms with Crippen LogP contribution in [0.5, 0.6) is 5.75 Å². The van der Waals surface area contributed by atoms with Gasteiger partial charge in [-0.1, -0.05) is 24.3 Å². The molecule has 0 aliphatic carbocycles. The smallest absolute Gasteiger partial charge is 0.336 e. The summed E-state index contributed by atoms with van der Waals surface area (Å²) in [6.45, 7) is 0.210. The Labute approximate surface area is 115 Å². The van der Waals surface area contributed by atoms with Crippen LogP contribution >= 0.6 is 0 Å². The van der Waals surface area contributed by atoms with Crippen molar-refractivity contribution in [2.24, 2.45) is 0 Å². The quantitative estimate of drug-likeness (QED) is 0.794. The number of carbonyl (C=O) groups excluding carboxylic acids is 1. The summed E-state index contributed by atoms with van der Waals surface area (Å²) < 4.78 is 0. The predicted molar refractivity (Wildman–Crippen MR) is 72.7 cm³/mol. The van der Waals surface area contributed by atoms with Gasteiger partial charge >= 0.3 is 5.97 Å². The van der Waals surface area contributed by atoms with Crippen LogP contribution in [0.3, 0.4) is 0 Å². The van der Waals surface area contributed by atoms with Gasteiger partial charge in [0.2, 0.25) is 0 Å². The second-order valence-corrected chi connectivity index (χ2v) is 4.20. The molecule has 0 bridgehead atoms. The molecule has 0 unspecified atom stereocenters. The van der Waals surface area contributed by atoms with E-state index in [4.69, 9.17) is 5.11 Å². The molecule has 0 atom stereocenters. The summed E-state index contributed by atoms with van der Waals surface area (Å²) in [4.78, 5) is 23.0. The zero-order valence-electron chi connectivity index (χ0n) is 10.5. The van der Waals surface area contributed by atoms with Crippen LogP contribution in [0.25, 0.3) is 0 Å². The third kappa shape index (κ3) is 3.14. The molecular weight excluding hydrogens is 258 g/mol. The summed E-state index contributed by atoms with van der Waals surface area (Å²) in [5.41, 5.74) is 0.798. The molecule has 0 aromatic heterocycles. The molecule has 0 saturated carbocycles. The second-order valence-electron chi connectivity index (χ2n) is 4.20. The van der Waals surface area contributed by atoms with E-state index < -0.39 is 11.9 Å². The van der Waals surface area contributed by atoms with Crippen LogP contribution in [0.15, 0.2) is 48.5 Å². The molecule has 2 rings (SSSR count). The third-order valence-electron chi connectivity index (χ3n) is 2.77. The number of hydrogen-bond acceptors (Lipinski definition) is 3. The normalized spacial score (nSPS) is 10.0. The van der Waals surface area contributed by atoms with Gasteiger partial charge in [-0.15, -0.1) is 0 Å². The highest BCUT2D eigenvalue weighted by Crippen LogP contribution is 2.12. The van der Waals surface area contributed by atoms with Gasteiger partial charge in [-0.2, -0.15) is 0 Å². The highest BCUT2D eigenvalue weighted by molar-refractivity contribution is 6.04. The van der Waals surface area contributed by atoms with Crippen molar-refractivity contribution in [2.45, 2.75) is 6.54 Å². The van der Waals surface area contributed by atoms with Crippen molar-refractivity contribution in [2.75, 3.05) is 0 Å². The standard InChI is InChI=1S/C15H13NO4/c17-11-5-3-4-10(8-11)9-16-14(18)12-6-1-2-7-13(12)15(19)20/h1-8,17H,9H2,(H,16,18)(H,19,20). The maximum atomic E-state index is 12.0. The highest BCUT2D eigenvalue weighted by atomic mass is 16.4. The van der Waals surface area contributed by atoms with Crippen LogP contribution in [0.1, 0.15) is 26.3 Å². The van der Waals surface area contributed by atoms with Gasteiger partial charge in [0.15, 0.2) is 0 Å². The number of nitrogens with one attached hydrogen (secondary N) is 1. The fraction of sp³-hybridized carbons (Fsp3) is 0.0667. The van der Waals surface area contributed by atoms with Crippen molar-refractivity contribution >= 4 is 11.9 Å². The van der Waals surface area contributed by atoms with Crippen LogP contribution in [-0.2, 0) is 6.54 Å². The number of carboxylic acids is 1.